The molecule has 0 aliphatic carbocycles. The quantitative estimate of drug-likeness (QED) is 0.822. The second-order valence-electron chi connectivity index (χ2n) is 6.05. The molecule has 1 heterocycles. The summed E-state index contributed by atoms with van der Waals surface area (Å²) >= 11 is 0. The molecule has 0 radical (unpaired) electrons. The molecule has 2 nitrogen and oxygen atoms in total. The molecule has 98 valence electrons. The maximum absolute atomic E-state index is 4.06. The van der Waals surface area contributed by atoms with Crippen LogP contribution in [0.2, 0.25) is 0 Å². The number of hydrogen-bond donors (Lipinski definition) is 1. The van der Waals surface area contributed by atoms with Crippen molar-refractivity contribution in [1.82, 2.24) is 10.2 Å². The normalized spacial score (nSPS) is 23.8. The lowest BCUT2D eigenvalue weighted by atomic mass is 9.94. The fraction of sp³-hybridized carbons (Fsp3) is 0.500. The molecule has 1 N–H and O–H groups in total. The van der Waals surface area contributed by atoms with Crippen LogP contribution in [0.3, 0.4) is 0 Å². The molecule has 18 heavy (non-hydrogen) atoms. The third-order valence-corrected chi connectivity index (χ3v) is 3.47. The van der Waals surface area contributed by atoms with Crippen molar-refractivity contribution < 1.29 is 0 Å². The monoisotopic (exact) mass is 244 g/mol. The first kappa shape index (κ1) is 13.3. The Bertz CT molecular complexity index is 408. The van der Waals surface area contributed by atoms with Crippen LogP contribution in [-0.2, 0) is 0 Å². The maximum Gasteiger partial charge on any atom is 0.0477 e. The molecule has 1 aromatic rings. The van der Waals surface area contributed by atoms with Gasteiger partial charge in [-0.2, -0.15) is 0 Å². The van der Waals surface area contributed by atoms with Gasteiger partial charge in [0.05, 0.1) is 0 Å². The van der Waals surface area contributed by atoms with Crippen molar-refractivity contribution in [2.24, 2.45) is 0 Å². The van der Waals surface area contributed by atoms with Gasteiger partial charge in [-0.1, -0.05) is 42.5 Å². The van der Waals surface area contributed by atoms with E-state index < -0.39 is 0 Å². The van der Waals surface area contributed by atoms with E-state index in [-0.39, 0.29) is 5.54 Å². The molecule has 1 unspecified atom stereocenters. The molecule has 0 spiro atoms. The summed E-state index contributed by atoms with van der Waals surface area (Å²) in [5, 5.41) is 3.64. The van der Waals surface area contributed by atoms with Gasteiger partial charge in [-0.25, -0.2) is 0 Å². The van der Waals surface area contributed by atoms with Gasteiger partial charge in [-0.05, 0) is 26.3 Å². The van der Waals surface area contributed by atoms with Crippen molar-refractivity contribution in [1.29, 1.82) is 0 Å². The van der Waals surface area contributed by atoms with Gasteiger partial charge < -0.3 is 5.32 Å². The molecule has 1 fully saturated rings. The first-order valence-electron chi connectivity index (χ1n) is 6.66. The van der Waals surface area contributed by atoms with Crippen LogP contribution < -0.4 is 5.32 Å². The Morgan fingerprint density at radius 2 is 2.06 bits per heavy atom. The van der Waals surface area contributed by atoms with E-state index in [4.69, 9.17) is 0 Å². The van der Waals surface area contributed by atoms with Crippen LogP contribution in [0.4, 0.5) is 0 Å². The third kappa shape index (κ3) is 3.21. The van der Waals surface area contributed by atoms with E-state index in [1.165, 1.54) is 11.1 Å². The highest BCUT2D eigenvalue weighted by molar-refractivity contribution is 5.21. The van der Waals surface area contributed by atoms with Gasteiger partial charge in [0, 0.05) is 31.2 Å². The summed E-state index contributed by atoms with van der Waals surface area (Å²) in [5.74, 6) is 0. The topological polar surface area (TPSA) is 15.3 Å². The average Bonchev–Trinajstić information content (AvgIpc) is 2.28. The smallest absolute Gasteiger partial charge is 0.0477 e. The van der Waals surface area contributed by atoms with Gasteiger partial charge >= 0.3 is 0 Å². The number of piperazine rings is 1. The number of nitrogens with zero attached hydrogens (tertiary/aromatic N) is 1. The molecule has 2 heteroatoms. The highest BCUT2D eigenvalue weighted by Crippen LogP contribution is 2.27. The molecule has 0 saturated carbocycles. The summed E-state index contributed by atoms with van der Waals surface area (Å²) in [6, 6.07) is 11.2. The lowest BCUT2D eigenvalue weighted by Gasteiger charge is -2.45. The molecule has 1 aliphatic rings. The molecule has 0 bridgehead atoms. The van der Waals surface area contributed by atoms with E-state index >= 15 is 0 Å². The Labute approximate surface area is 111 Å². The first-order chi connectivity index (χ1) is 8.48. The minimum atomic E-state index is 0.181. The predicted octanol–water partition coefficient (Wildman–Crippen LogP) is 2.99. The van der Waals surface area contributed by atoms with E-state index in [0.29, 0.717) is 6.04 Å². The zero-order valence-electron chi connectivity index (χ0n) is 11.7. The fourth-order valence-corrected chi connectivity index (χ4v) is 2.69. The Morgan fingerprint density at radius 1 is 1.39 bits per heavy atom. The van der Waals surface area contributed by atoms with Crippen LogP contribution >= 0.6 is 0 Å². The van der Waals surface area contributed by atoms with Crippen molar-refractivity contribution in [2.45, 2.75) is 32.4 Å². The van der Waals surface area contributed by atoms with Crippen LogP contribution in [0.15, 0.2) is 42.5 Å². The van der Waals surface area contributed by atoms with E-state index in [2.05, 4.69) is 67.9 Å². The number of benzene rings is 1. The lowest BCUT2D eigenvalue weighted by Crippen LogP contribution is -2.58. The van der Waals surface area contributed by atoms with Crippen molar-refractivity contribution in [3.8, 4) is 0 Å². The number of nitrogens with one attached hydrogen (secondary N) is 1. The molecule has 1 saturated heterocycles. The van der Waals surface area contributed by atoms with Crippen LogP contribution in [0.25, 0.3) is 0 Å². The van der Waals surface area contributed by atoms with Crippen LogP contribution in [0, 0.1) is 0 Å². The molecule has 0 amide bonds. The van der Waals surface area contributed by atoms with Crippen molar-refractivity contribution >= 4 is 0 Å². The summed E-state index contributed by atoms with van der Waals surface area (Å²) in [4.78, 5) is 2.54. The minimum Gasteiger partial charge on any atom is -0.309 e. The van der Waals surface area contributed by atoms with Crippen LogP contribution in [-0.4, -0.2) is 30.1 Å². The van der Waals surface area contributed by atoms with Gasteiger partial charge in [0.15, 0.2) is 0 Å². The van der Waals surface area contributed by atoms with Gasteiger partial charge in [-0.15, -0.1) is 0 Å². The van der Waals surface area contributed by atoms with Gasteiger partial charge in [0.25, 0.3) is 0 Å². The van der Waals surface area contributed by atoms with Crippen molar-refractivity contribution in [3.63, 3.8) is 0 Å². The number of rotatable bonds is 3. The van der Waals surface area contributed by atoms with Crippen molar-refractivity contribution in [3.05, 3.63) is 48.0 Å². The Hall–Kier alpha value is -1.12. The summed E-state index contributed by atoms with van der Waals surface area (Å²) in [6.45, 7) is 13.7. The second-order valence-corrected chi connectivity index (χ2v) is 6.05. The average molecular weight is 244 g/mol. The van der Waals surface area contributed by atoms with Crippen LogP contribution in [0.5, 0.6) is 0 Å². The van der Waals surface area contributed by atoms with Crippen molar-refractivity contribution in [2.75, 3.05) is 19.6 Å². The Morgan fingerprint density at radius 3 is 2.67 bits per heavy atom. The molecule has 1 aromatic carbocycles. The molecule has 1 atom stereocenters. The standard InChI is InChI=1S/C16H24N2/c1-13(2)11-18-12-16(3,4)17-10-15(18)14-8-6-5-7-9-14/h5-9,15,17H,1,10-12H2,2-4H3. The first-order valence-corrected chi connectivity index (χ1v) is 6.66. The molecular formula is C16H24N2. The second kappa shape index (κ2) is 5.25. The van der Waals surface area contributed by atoms with Crippen LogP contribution in [0.1, 0.15) is 32.4 Å². The fourth-order valence-electron chi connectivity index (χ4n) is 2.69. The summed E-state index contributed by atoms with van der Waals surface area (Å²) in [6.07, 6.45) is 0. The largest absolute Gasteiger partial charge is 0.309 e. The molecule has 2 rings (SSSR count). The summed E-state index contributed by atoms with van der Waals surface area (Å²) in [7, 11) is 0. The predicted molar refractivity (Wildman–Crippen MR) is 77.7 cm³/mol. The molecule has 0 aromatic heterocycles. The minimum absolute atomic E-state index is 0.181. The molecular weight excluding hydrogens is 220 g/mol. The Kier molecular flexibility index (Phi) is 3.88. The maximum atomic E-state index is 4.06. The zero-order valence-corrected chi connectivity index (χ0v) is 11.7. The van der Waals surface area contributed by atoms with E-state index in [1.54, 1.807) is 0 Å². The lowest BCUT2D eigenvalue weighted by molar-refractivity contribution is 0.105. The van der Waals surface area contributed by atoms with Gasteiger partial charge in [0.2, 0.25) is 0 Å². The third-order valence-electron chi connectivity index (χ3n) is 3.47. The SMILES string of the molecule is C=C(C)CN1CC(C)(C)NCC1c1ccccc1. The van der Waals surface area contributed by atoms with E-state index in [9.17, 15) is 0 Å². The Balaban J connectivity index is 2.20. The van der Waals surface area contributed by atoms with E-state index in [0.717, 1.165) is 19.6 Å². The molecule has 1 aliphatic heterocycles. The highest BCUT2D eigenvalue weighted by Gasteiger charge is 2.32. The zero-order chi connectivity index (χ0) is 13.2. The van der Waals surface area contributed by atoms with Gasteiger partial charge in [-0.3, -0.25) is 4.90 Å². The van der Waals surface area contributed by atoms with Gasteiger partial charge in [0.1, 0.15) is 0 Å². The number of hydrogen-bond acceptors (Lipinski definition) is 2. The summed E-state index contributed by atoms with van der Waals surface area (Å²) < 4.78 is 0. The van der Waals surface area contributed by atoms with E-state index in [1.807, 2.05) is 0 Å². The highest BCUT2D eigenvalue weighted by atomic mass is 15.2. The summed E-state index contributed by atoms with van der Waals surface area (Å²) in [5.41, 5.74) is 2.80.